The minimum absolute atomic E-state index is 0.0662. The first kappa shape index (κ1) is 21.2. The van der Waals surface area contributed by atoms with E-state index in [2.05, 4.69) is 0 Å². The molecule has 0 aromatic carbocycles. The van der Waals surface area contributed by atoms with Gasteiger partial charge in [-0.3, -0.25) is 0 Å². The van der Waals surface area contributed by atoms with E-state index in [1.54, 1.807) is 0 Å². The van der Waals surface area contributed by atoms with Crippen LogP contribution in [0, 0.1) is 0 Å². The van der Waals surface area contributed by atoms with Crippen molar-refractivity contribution in [2.75, 3.05) is 5.88 Å². The maximum atomic E-state index is 6.00. The van der Waals surface area contributed by atoms with Crippen LogP contribution >= 0.6 is 128 Å². The molecule has 11 heteroatoms. The molecular formula is C7H5Cl11. The molecule has 0 saturated heterocycles. The summed E-state index contributed by atoms with van der Waals surface area (Å²) >= 11 is 64.0. The van der Waals surface area contributed by atoms with Crippen LogP contribution in [0.25, 0.3) is 0 Å². The van der Waals surface area contributed by atoms with Gasteiger partial charge in [0, 0.05) is 5.88 Å². The lowest BCUT2D eigenvalue weighted by atomic mass is 10.1. The predicted octanol–water partition coefficient (Wildman–Crippen LogP) is 7.11. The molecule has 0 rings (SSSR count). The number of hydrogen-bond donors (Lipinski definition) is 0. The molecule has 1 atom stereocenters. The topological polar surface area (TPSA) is 0 Å². The molecule has 110 valence electrons. The van der Waals surface area contributed by atoms with Crippen LogP contribution in [0.1, 0.15) is 6.42 Å². The second-order valence-corrected chi connectivity index (χ2v) is 10.6. The van der Waals surface area contributed by atoms with Crippen molar-refractivity contribution in [3.8, 4) is 0 Å². The molecule has 0 aromatic heterocycles. The Labute approximate surface area is 160 Å². The second-order valence-electron chi connectivity index (χ2n) is 3.26. The van der Waals surface area contributed by atoms with Crippen molar-refractivity contribution in [2.24, 2.45) is 0 Å². The van der Waals surface area contributed by atoms with Crippen LogP contribution in [-0.4, -0.2) is 28.0 Å². The lowest BCUT2D eigenvalue weighted by Gasteiger charge is -2.43. The lowest BCUT2D eigenvalue weighted by Crippen LogP contribution is -2.56. The van der Waals surface area contributed by atoms with Gasteiger partial charge in [0.25, 0.3) is 0 Å². The molecule has 0 fully saturated rings. The van der Waals surface area contributed by atoms with Crippen molar-refractivity contribution in [2.45, 2.75) is 28.6 Å². The van der Waals surface area contributed by atoms with Crippen molar-refractivity contribution in [1.82, 2.24) is 0 Å². The van der Waals surface area contributed by atoms with Gasteiger partial charge in [-0.05, 0) is 6.42 Å². The molecule has 0 aliphatic carbocycles. The first-order chi connectivity index (χ1) is 7.72. The summed E-state index contributed by atoms with van der Waals surface area (Å²) in [5, 5.41) is -1.36. The molecule has 0 radical (unpaired) electrons. The zero-order valence-corrected chi connectivity index (χ0v) is 16.5. The van der Waals surface area contributed by atoms with Gasteiger partial charge in [0.15, 0.2) is 8.67 Å². The van der Waals surface area contributed by atoms with Crippen molar-refractivity contribution in [3.63, 3.8) is 0 Å². The van der Waals surface area contributed by atoms with Crippen LogP contribution in [0.5, 0.6) is 0 Å². The van der Waals surface area contributed by atoms with Crippen molar-refractivity contribution in [3.05, 3.63) is 0 Å². The van der Waals surface area contributed by atoms with Gasteiger partial charge in [0.2, 0.25) is 3.79 Å². The molecule has 0 bridgehead atoms. The van der Waals surface area contributed by atoms with Gasteiger partial charge in [0.1, 0.15) is 9.71 Å². The van der Waals surface area contributed by atoms with Gasteiger partial charge in [-0.1, -0.05) is 104 Å². The fourth-order valence-corrected chi connectivity index (χ4v) is 4.09. The van der Waals surface area contributed by atoms with Crippen molar-refractivity contribution < 1.29 is 0 Å². The number of halogens is 11. The molecule has 0 amide bonds. The van der Waals surface area contributed by atoms with Gasteiger partial charge in [-0.25, -0.2) is 0 Å². The minimum Gasteiger partial charge on any atom is -0.127 e. The molecule has 0 aromatic rings. The SMILES string of the molecule is ClCCC(Cl)(Cl)C(Cl)C(Cl)(Cl)C(Cl)(Cl)C(Cl)(Cl)Cl. The summed E-state index contributed by atoms with van der Waals surface area (Å²) in [4.78, 5) is 0. The highest BCUT2D eigenvalue weighted by atomic mass is 35.6. The molecule has 0 aliphatic heterocycles. The lowest BCUT2D eigenvalue weighted by molar-refractivity contribution is 0.563. The van der Waals surface area contributed by atoms with E-state index < -0.39 is 22.2 Å². The van der Waals surface area contributed by atoms with Gasteiger partial charge in [-0.15, -0.1) is 23.2 Å². The quantitative estimate of drug-likeness (QED) is 0.369. The average Bonchev–Trinajstić information content (AvgIpc) is 2.14. The first-order valence-corrected chi connectivity index (χ1v) is 8.49. The van der Waals surface area contributed by atoms with E-state index in [-0.39, 0.29) is 12.3 Å². The standard InChI is InChI=1S/C7H5Cl11/c8-2-1-4(10,11)3(9)5(12,13)6(14,15)7(16,17)18/h3H,1-2H2. The Kier molecular flexibility index (Phi) is 8.45. The maximum absolute atomic E-state index is 6.00. The summed E-state index contributed by atoms with van der Waals surface area (Å²) < 4.78 is -8.25. The highest BCUT2D eigenvalue weighted by molar-refractivity contribution is 6.79. The summed E-state index contributed by atoms with van der Waals surface area (Å²) in [6.07, 6.45) is 0.0662. The van der Waals surface area contributed by atoms with E-state index in [1.165, 1.54) is 0 Å². The number of rotatable bonds is 5. The van der Waals surface area contributed by atoms with Gasteiger partial charge < -0.3 is 0 Å². The zero-order chi connectivity index (χ0) is 15.0. The third-order valence-corrected chi connectivity index (χ3v) is 8.03. The van der Waals surface area contributed by atoms with E-state index in [1.807, 2.05) is 0 Å². The molecule has 0 spiro atoms. The Morgan fingerprint density at radius 2 is 1.17 bits per heavy atom. The minimum atomic E-state index is -2.26. The molecule has 0 saturated carbocycles. The number of hydrogen-bond acceptors (Lipinski definition) is 0. The summed E-state index contributed by atoms with van der Waals surface area (Å²) in [6, 6.07) is 0. The fraction of sp³-hybridized carbons (Fsp3) is 1.00. The van der Waals surface area contributed by atoms with Gasteiger partial charge in [-0.2, -0.15) is 0 Å². The Bertz CT molecular complexity index is 278. The van der Waals surface area contributed by atoms with E-state index in [4.69, 9.17) is 128 Å². The Hall–Kier alpha value is 3.19. The average molecular weight is 479 g/mol. The molecule has 0 heterocycles. The largest absolute Gasteiger partial charge is 0.226 e. The van der Waals surface area contributed by atoms with Gasteiger partial charge >= 0.3 is 0 Å². The summed E-state index contributed by atoms with van der Waals surface area (Å²) in [6.45, 7) is 0. The fourth-order valence-electron chi connectivity index (χ4n) is 0.866. The first-order valence-electron chi connectivity index (χ1n) is 4.12. The van der Waals surface area contributed by atoms with Crippen LogP contribution < -0.4 is 0 Å². The summed E-state index contributed by atoms with van der Waals surface area (Å²) in [7, 11) is 0. The highest BCUT2D eigenvalue weighted by Gasteiger charge is 2.65. The Morgan fingerprint density at radius 1 is 0.778 bits per heavy atom. The molecule has 18 heavy (non-hydrogen) atoms. The maximum Gasteiger partial charge on any atom is 0.226 e. The van der Waals surface area contributed by atoms with Crippen LogP contribution in [0.2, 0.25) is 0 Å². The van der Waals surface area contributed by atoms with Gasteiger partial charge in [0.05, 0.1) is 0 Å². The predicted molar refractivity (Wildman–Crippen MR) is 88.6 cm³/mol. The second kappa shape index (κ2) is 7.18. The number of alkyl halides is 11. The summed E-state index contributed by atoms with van der Waals surface area (Å²) in [5.41, 5.74) is 0. The van der Waals surface area contributed by atoms with Crippen LogP contribution in [0.4, 0.5) is 0 Å². The Balaban J connectivity index is 5.39. The van der Waals surface area contributed by atoms with E-state index in [0.717, 1.165) is 0 Å². The van der Waals surface area contributed by atoms with Crippen molar-refractivity contribution >= 4 is 128 Å². The zero-order valence-electron chi connectivity index (χ0n) is 8.15. The highest BCUT2D eigenvalue weighted by Crippen LogP contribution is 2.61. The monoisotopic (exact) mass is 474 g/mol. The van der Waals surface area contributed by atoms with Crippen LogP contribution in [0.15, 0.2) is 0 Å². The van der Waals surface area contributed by atoms with E-state index in [0.29, 0.717) is 0 Å². The normalized spacial score (nSPS) is 16.8. The summed E-state index contributed by atoms with van der Waals surface area (Å²) in [5.74, 6) is 0.103. The van der Waals surface area contributed by atoms with E-state index in [9.17, 15) is 0 Å². The smallest absolute Gasteiger partial charge is 0.127 e. The molecule has 0 N–H and O–H groups in total. The Morgan fingerprint density at radius 3 is 1.44 bits per heavy atom. The van der Waals surface area contributed by atoms with Crippen LogP contribution in [0.3, 0.4) is 0 Å². The molecule has 0 nitrogen and oxygen atoms in total. The third-order valence-electron chi connectivity index (χ3n) is 1.89. The van der Waals surface area contributed by atoms with E-state index >= 15 is 0 Å². The third kappa shape index (κ3) is 4.59. The molecule has 1 unspecified atom stereocenters. The van der Waals surface area contributed by atoms with Crippen LogP contribution in [-0.2, 0) is 0 Å². The van der Waals surface area contributed by atoms with Crippen molar-refractivity contribution in [1.29, 1.82) is 0 Å². The molecular weight excluding hydrogens is 474 g/mol. The molecule has 0 aliphatic rings.